The molecule has 1 aliphatic rings. The van der Waals surface area contributed by atoms with Gasteiger partial charge in [0.2, 0.25) is 0 Å². The number of furan rings is 1. The first kappa shape index (κ1) is 14.4. The van der Waals surface area contributed by atoms with Crippen molar-refractivity contribution >= 4 is 0 Å². The topological polar surface area (TPSA) is 28.4 Å². The van der Waals surface area contributed by atoms with Gasteiger partial charge in [0.25, 0.3) is 0 Å². The molecule has 1 aliphatic heterocycles. The van der Waals surface area contributed by atoms with Gasteiger partial charge in [-0.2, -0.15) is 0 Å². The Bertz CT molecular complexity index is 530. The molecule has 0 atom stereocenters. The van der Waals surface area contributed by atoms with Crippen LogP contribution in [0.4, 0.5) is 0 Å². The highest BCUT2D eigenvalue weighted by Crippen LogP contribution is 2.34. The molecule has 3 nitrogen and oxygen atoms in total. The third-order valence-corrected chi connectivity index (χ3v) is 4.53. The predicted octanol–water partition coefficient (Wildman–Crippen LogP) is 3.03. The normalized spacial score (nSPS) is 18.0. The third-order valence-electron chi connectivity index (χ3n) is 4.53. The molecular weight excluding hydrogens is 260 g/mol. The monoisotopic (exact) mass is 284 g/mol. The summed E-state index contributed by atoms with van der Waals surface area (Å²) in [6.07, 6.45) is 4.14. The number of likely N-dealkylation sites (N-methyl/N-ethyl adjacent to an activating group) is 1. The van der Waals surface area contributed by atoms with Gasteiger partial charge >= 0.3 is 0 Å². The van der Waals surface area contributed by atoms with Gasteiger partial charge in [0.1, 0.15) is 5.76 Å². The predicted molar refractivity (Wildman–Crippen MR) is 85.3 cm³/mol. The number of nitrogens with one attached hydrogen (secondary N) is 1. The Labute approximate surface area is 127 Å². The summed E-state index contributed by atoms with van der Waals surface area (Å²) in [5.74, 6) is 1.04. The van der Waals surface area contributed by atoms with E-state index in [4.69, 9.17) is 4.42 Å². The highest BCUT2D eigenvalue weighted by molar-refractivity contribution is 5.27. The van der Waals surface area contributed by atoms with E-state index in [1.165, 1.54) is 18.4 Å². The van der Waals surface area contributed by atoms with Crippen LogP contribution >= 0.6 is 0 Å². The first-order valence-corrected chi connectivity index (χ1v) is 7.76. The summed E-state index contributed by atoms with van der Waals surface area (Å²) in [5.41, 5.74) is 1.73. The Morgan fingerprint density at radius 1 is 1.10 bits per heavy atom. The fraction of sp³-hybridized carbons (Fsp3) is 0.444. The zero-order valence-corrected chi connectivity index (χ0v) is 12.7. The number of hydrogen-bond acceptors (Lipinski definition) is 3. The minimum Gasteiger partial charge on any atom is -0.468 e. The summed E-state index contributed by atoms with van der Waals surface area (Å²) >= 11 is 0. The first-order valence-electron chi connectivity index (χ1n) is 7.76. The van der Waals surface area contributed by atoms with Gasteiger partial charge in [-0.25, -0.2) is 0 Å². The smallest absolute Gasteiger partial charge is 0.117 e. The Hall–Kier alpha value is -1.58. The van der Waals surface area contributed by atoms with Crippen LogP contribution in [0.3, 0.4) is 0 Å². The molecule has 1 aromatic heterocycles. The van der Waals surface area contributed by atoms with Crippen LogP contribution in [0.5, 0.6) is 0 Å². The van der Waals surface area contributed by atoms with Gasteiger partial charge in [-0.3, -0.25) is 4.90 Å². The average molecular weight is 284 g/mol. The van der Waals surface area contributed by atoms with Gasteiger partial charge in [0.05, 0.1) is 12.8 Å². The van der Waals surface area contributed by atoms with Crippen molar-refractivity contribution in [1.82, 2.24) is 10.2 Å². The number of benzene rings is 1. The lowest BCUT2D eigenvalue weighted by Crippen LogP contribution is -2.46. The summed E-state index contributed by atoms with van der Waals surface area (Å²) in [6, 6.07) is 15.0. The van der Waals surface area contributed by atoms with Gasteiger partial charge in [-0.05, 0) is 50.7 Å². The fourth-order valence-electron chi connectivity index (χ4n) is 3.48. The van der Waals surface area contributed by atoms with Crippen molar-refractivity contribution in [1.29, 1.82) is 0 Å². The van der Waals surface area contributed by atoms with Crippen LogP contribution in [-0.2, 0) is 12.0 Å². The van der Waals surface area contributed by atoms with Gasteiger partial charge in [0.15, 0.2) is 0 Å². The van der Waals surface area contributed by atoms with Gasteiger partial charge < -0.3 is 9.73 Å². The lowest BCUT2D eigenvalue weighted by Gasteiger charge is -2.41. The van der Waals surface area contributed by atoms with Crippen LogP contribution in [-0.4, -0.2) is 31.6 Å². The maximum atomic E-state index is 5.48. The lowest BCUT2D eigenvalue weighted by molar-refractivity contribution is 0.187. The second kappa shape index (κ2) is 6.46. The fourth-order valence-corrected chi connectivity index (χ4v) is 3.48. The van der Waals surface area contributed by atoms with Crippen LogP contribution in [0, 0.1) is 0 Å². The van der Waals surface area contributed by atoms with E-state index in [-0.39, 0.29) is 5.41 Å². The highest BCUT2D eigenvalue weighted by atomic mass is 16.3. The second-order valence-corrected chi connectivity index (χ2v) is 6.15. The quantitative estimate of drug-likeness (QED) is 0.915. The van der Waals surface area contributed by atoms with E-state index in [1.54, 1.807) is 6.26 Å². The Kier molecular flexibility index (Phi) is 4.42. The first-order chi connectivity index (χ1) is 10.3. The zero-order chi connectivity index (χ0) is 14.5. The van der Waals surface area contributed by atoms with Crippen molar-refractivity contribution < 1.29 is 4.42 Å². The van der Waals surface area contributed by atoms with Crippen LogP contribution in [0.1, 0.15) is 24.2 Å². The number of nitrogens with zero attached hydrogens (tertiary/aromatic N) is 1. The molecule has 112 valence electrons. The molecule has 0 spiro atoms. The van der Waals surface area contributed by atoms with Crippen molar-refractivity contribution in [2.75, 3.05) is 26.7 Å². The van der Waals surface area contributed by atoms with Crippen molar-refractivity contribution in [3.05, 3.63) is 60.1 Å². The molecule has 0 saturated carbocycles. The Morgan fingerprint density at radius 3 is 2.52 bits per heavy atom. The van der Waals surface area contributed by atoms with E-state index < -0.39 is 0 Å². The molecule has 1 fully saturated rings. The van der Waals surface area contributed by atoms with Gasteiger partial charge in [-0.15, -0.1) is 0 Å². The molecule has 1 N–H and O–H groups in total. The van der Waals surface area contributed by atoms with Crippen LogP contribution in [0.25, 0.3) is 0 Å². The highest BCUT2D eigenvalue weighted by Gasteiger charge is 2.34. The Balaban J connectivity index is 1.76. The van der Waals surface area contributed by atoms with E-state index >= 15 is 0 Å². The summed E-state index contributed by atoms with van der Waals surface area (Å²) in [4.78, 5) is 2.39. The molecule has 0 unspecified atom stereocenters. The molecule has 21 heavy (non-hydrogen) atoms. The van der Waals surface area contributed by atoms with Crippen LogP contribution < -0.4 is 5.32 Å². The summed E-state index contributed by atoms with van der Waals surface area (Å²) in [7, 11) is 2.19. The third kappa shape index (κ3) is 3.36. The minimum atomic E-state index is 0.258. The standard InChI is InChI=1S/C18H24N2O/c1-20(14-17-8-5-13-21-17)15-18(9-11-19-12-10-18)16-6-3-2-4-7-16/h2-8,13,19H,9-12,14-15H2,1H3. The molecule has 0 bridgehead atoms. The van der Waals surface area contributed by atoms with E-state index in [9.17, 15) is 0 Å². The molecule has 3 rings (SSSR count). The van der Waals surface area contributed by atoms with E-state index in [1.807, 2.05) is 12.1 Å². The molecule has 0 amide bonds. The van der Waals surface area contributed by atoms with Crippen molar-refractivity contribution in [3.8, 4) is 0 Å². The minimum absolute atomic E-state index is 0.258. The maximum Gasteiger partial charge on any atom is 0.117 e. The van der Waals surface area contributed by atoms with Crippen LogP contribution in [0.2, 0.25) is 0 Å². The second-order valence-electron chi connectivity index (χ2n) is 6.15. The van der Waals surface area contributed by atoms with Gasteiger partial charge in [0, 0.05) is 12.0 Å². The summed E-state index contributed by atoms with van der Waals surface area (Å²) < 4.78 is 5.48. The molecule has 0 aliphatic carbocycles. The molecular formula is C18H24N2O. The van der Waals surface area contributed by atoms with E-state index in [0.29, 0.717) is 0 Å². The van der Waals surface area contributed by atoms with E-state index in [2.05, 4.69) is 47.6 Å². The lowest BCUT2D eigenvalue weighted by atomic mass is 9.73. The summed E-state index contributed by atoms with van der Waals surface area (Å²) in [5, 5.41) is 3.49. The summed E-state index contributed by atoms with van der Waals surface area (Å²) in [6.45, 7) is 4.14. The molecule has 2 aromatic rings. The molecule has 1 aromatic carbocycles. The SMILES string of the molecule is CN(Cc1ccco1)CC1(c2ccccc2)CCNCC1. The molecule has 2 heterocycles. The van der Waals surface area contributed by atoms with E-state index in [0.717, 1.165) is 31.9 Å². The number of hydrogen-bond donors (Lipinski definition) is 1. The zero-order valence-electron chi connectivity index (χ0n) is 12.7. The number of piperidine rings is 1. The van der Waals surface area contributed by atoms with Crippen molar-refractivity contribution in [3.63, 3.8) is 0 Å². The average Bonchev–Trinajstić information content (AvgIpc) is 3.02. The van der Waals surface area contributed by atoms with Crippen molar-refractivity contribution in [2.24, 2.45) is 0 Å². The van der Waals surface area contributed by atoms with Crippen LogP contribution in [0.15, 0.2) is 53.1 Å². The van der Waals surface area contributed by atoms with Crippen molar-refractivity contribution in [2.45, 2.75) is 24.8 Å². The number of rotatable bonds is 5. The van der Waals surface area contributed by atoms with Gasteiger partial charge in [-0.1, -0.05) is 30.3 Å². The molecule has 1 saturated heterocycles. The maximum absolute atomic E-state index is 5.48. The molecule has 3 heteroatoms. The largest absolute Gasteiger partial charge is 0.468 e. The molecule has 0 radical (unpaired) electrons. The Morgan fingerprint density at radius 2 is 1.86 bits per heavy atom.